The number of alkyl halides is 3. The molecule has 1 aromatic carbocycles. The number of halogens is 3. The number of hydrogen-bond acceptors (Lipinski definition) is 1. The van der Waals surface area contributed by atoms with E-state index in [1.54, 1.807) is 6.92 Å². The van der Waals surface area contributed by atoms with Gasteiger partial charge in [0.2, 0.25) is 5.91 Å². The zero-order chi connectivity index (χ0) is 13.2. The van der Waals surface area contributed by atoms with E-state index in [2.05, 4.69) is 6.58 Å². The molecule has 1 atom stereocenters. The highest BCUT2D eigenvalue weighted by atomic mass is 19.4. The van der Waals surface area contributed by atoms with Crippen molar-refractivity contribution in [2.75, 3.05) is 0 Å². The normalized spacial score (nSPS) is 13.2. The molecule has 17 heavy (non-hydrogen) atoms. The van der Waals surface area contributed by atoms with Crippen LogP contribution in [0.5, 0.6) is 0 Å². The van der Waals surface area contributed by atoms with Crippen molar-refractivity contribution in [2.24, 2.45) is 5.73 Å². The van der Waals surface area contributed by atoms with E-state index in [9.17, 15) is 18.0 Å². The molecule has 0 spiro atoms. The smallest absolute Gasteiger partial charge is 0.366 e. The van der Waals surface area contributed by atoms with Crippen LogP contribution in [0.2, 0.25) is 0 Å². The Bertz CT molecular complexity index is 452. The molecule has 0 radical (unpaired) electrons. The van der Waals surface area contributed by atoms with E-state index in [0.29, 0.717) is 5.56 Å². The molecule has 0 fully saturated rings. The fourth-order valence-corrected chi connectivity index (χ4v) is 1.47. The van der Waals surface area contributed by atoms with Crippen molar-refractivity contribution in [3.8, 4) is 0 Å². The third-order valence-corrected chi connectivity index (χ3v) is 2.49. The zero-order valence-corrected chi connectivity index (χ0v) is 9.21. The van der Waals surface area contributed by atoms with Crippen LogP contribution in [-0.2, 0) is 6.18 Å². The predicted octanol–water partition coefficient (Wildman–Crippen LogP) is 3.09. The topological polar surface area (TPSA) is 43.1 Å². The summed E-state index contributed by atoms with van der Waals surface area (Å²) < 4.78 is 37.4. The first-order valence-corrected chi connectivity index (χ1v) is 4.91. The van der Waals surface area contributed by atoms with Gasteiger partial charge in [0.25, 0.3) is 0 Å². The van der Waals surface area contributed by atoms with Gasteiger partial charge in [-0.05, 0) is 23.6 Å². The maximum absolute atomic E-state index is 12.5. The third-order valence-electron chi connectivity index (χ3n) is 2.49. The van der Waals surface area contributed by atoms with E-state index in [-0.39, 0.29) is 11.5 Å². The first-order valence-electron chi connectivity index (χ1n) is 4.91. The molecule has 92 valence electrons. The lowest BCUT2D eigenvalue weighted by molar-refractivity contribution is -0.137. The minimum atomic E-state index is -4.49. The summed E-state index contributed by atoms with van der Waals surface area (Å²) >= 11 is 0. The summed E-state index contributed by atoms with van der Waals surface area (Å²) in [6, 6.07) is 2.97. The molecule has 1 unspecified atom stereocenters. The Morgan fingerprint density at radius 2 is 2.06 bits per heavy atom. The summed E-state index contributed by atoms with van der Waals surface area (Å²) in [5.41, 5.74) is 4.52. The number of nitrogens with two attached hydrogens (primary N) is 1. The van der Waals surface area contributed by atoms with Crippen molar-refractivity contribution in [1.29, 1.82) is 0 Å². The van der Waals surface area contributed by atoms with Gasteiger partial charge < -0.3 is 5.73 Å². The van der Waals surface area contributed by atoms with Crippen molar-refractivity contribution in [1.82, 2.24) is 0 Å². The SMILES string of the molecule is C=CC(C)c1ccc(C(F)(F)F)cc1C(N)=O. The Morgan fingerprint density at radius 1 is 1.47 bits per heavy atom. The fraction of sp³-hybridized carbons (Fsp3) is 0.250. The molecule has 0 saturated carbocycles. The van der Waals surface area contributed by atoms with E-state index in [1.807, 2.05) is 0 Å². The van der Waals surface area contributed by atoms with E-state index >= 15 is 0 Å². The summed E-state index contributed by atoms with van der Waals surface area (Å²) in [7, 11) is 0. The summed E-state index contributed by atoms with van der Waals surface area (Å²) in [6.45, 7) is 5.26. The van der Waals surface area contributed by atoms with E-state index < -0.39 is 17.6 Å². The largest absolute Gasteiger partial charge is 0.416 e. The molecular weight excluding hydrogens is 231 g/mol. The van der Waals surface area contributed by atoms with Gasteiger partial charge in [-0.15, -0.1) is 6.58 Å². The van der Waals surface area contributed by atoms with Gasteiger partial charge in [-0.3, -0.25) is 4.79 Å². The lowest BCUT2D eigenvalue weighted by atomic mass is 9.93. The molecule has 1 amide bonds. The molecule has 0 aromatic heterocycles. The highest BCUT2D eigenvalue weighted by Gasteiger charge is 2.31. The average Bonchev–Trinajstić information content (AvgIpc) is 2.25. The minimum Gasteiger partial charge on any atom is -0.366 e. The quantitative estimate of drug-likeness (QED) is 0.814. The number of rotatable bonds is 3. The van der Waals surface area contributed by atoms with Gasteiger partial charge in [-0.1, -0.05) is 19.1 Å². The predicted molar refractivity (Wildman–Crippen MR) is 58.6 cm³/mol. The number of hydrogen-bond donors (Lipinski definition) is 1. The Hall–Kier alpha value is -1.78. The van der Waals surface area contributed by atoms with Crippen LogP contribution in [0.4, 0.5) is 13.2 Å². The van der Waals surface area contributed by atoms with Gasteiger partial charge in [0.1, 0.15) is 0 Å². The molecule has 0 bridgehead atoms. The van der Waals surface area contributed by atoms with Crippen LogP contribution in [0, 0.1) is 0 Å². The Balaban J connectivity index is 3.37. The van der Waals surface area contributed by atoms with Crippen LogP contribution >= 0.6 is 0 Å². The van der Waals surface area contributed by atoms with Crippen molar-refractivity contribution in [3.05, 3.63) is 47.5 Å². The molecule has 0 aliphatic carbocycles. The first-order chi connectivity index (χ1) is 7.77. The Labute approximate surface area is 96.9 Å². The summed E-state index contributed by atoms with van der Waals surface area (Å²) in [4.78, 5) is 11.1. The van der Waals surface area contributed by atoms with Gasteiger partial charge in [-0.2, -0.15) is 13.2 Å². The van der Waals surface area contributed by atoms with Crippen molar-refractivity contribution in [2.45, 2.75) is 19.0 Å². The molecule has 0 aliphatic heterocycles. The molecular formula is C12H12F3NO. The zero-order valence-electron chi connectivity index (χ0n) is 9.21. The minimum absolute atomic E-state index is 0.118. The van der Waals surface area contributed by atoms with Gasteiger partial charge in [0, 0.05) is 5.56 Å². The highest BCUT2D eigenvalue weighted by molar-refractivity contribution is 5.94. The fourth-order valence-electron chi connectivity index (χ4n) is 1.47. The monoisotopic (exact) mass is 243 g/mol. The van der Waals surface area contributed by atoms with Crippen LogP contribution in [0.25, 0.3) is 0 Å². The molecule has 5 heteroatoms. The number of primary amides is 1. The molecule has 1 rings (SSSR count). The number of benzene rings is 1. The second kappa shape index (κ2) is 4.61. The number of carbonyl (C=O) groups is 1. The van der Waals surface area contributed by atoms with Crippen molar-refractivity contribution in [3.63, 3.8) is 0 Å². The average molecular weight is 243 g/mol. The highest BCUT2D eigenvalue weighted by Crippen LogP contribution is 2.32. The van der Waals surface area contributed by atoms with E-state index in [0.717, 1.165) is 12.1 Å². The molecule has 2 nitrogen and oxygen atoms in total. The standard InChI is InChI=1S/C12H12F3NO/c1-3-7(2)9-5-4-8(12(13,14)15)6-10(9)11(16)17/h3-7H,1H2,2H3,(H2,16,17). The maximum atomic E-state index is 12.5. The van der Waals surface area contributed by atoms with Gasteiger partial charge in [0.15, 0.2) is 0 Å². The summed E-state index contributed by atoms with van der Waals surface area (Å²) in [6.07, 6.45) is -2.95. The lowest BCUT2D eigenvalue weighted by Gasteiger charge is -2.14. The summed E-state index contributed by atoms with van der Waals surface area (Å²) in [5, 5.41) is 0. The lowest BCUT2D eigenvalue weighted by Crippen LogP contribution is -2.16. The Kier molecular flexibility index (Phi) is 3.60. The maximum Gasteiger partial charge on any atom is 0.416 e. The number of allylic oxidation sites excluding steroid dienone is 1. The Morgan fingerprint density at radius 3 is 2.47 bits per heavy atom. The van der Waals surface area contributed by atoms with Crippen LogP contribution in [-0.4, -0.2) is 5.91 Å². The van der Waals surface area contributed by atoms with Crippen molar-refractivity contribution < 1.29 is 18.0 Å². The van der Waals surface area contributed by atoms with Gasteiger partial charge in [-0.25, -0.2) is 0 Å². The van der Waals surface area contributed by atoms with Gasteiger partial charge >= 0.3 is 6.18 Å². The first kappa shape index (κ1) is 13.3. The van der Waals surface area contributed by atoms with Crippen LogP contribution in [0.1, 0.15) is 34.3 Å². The molecule has 2 N–H and O–H groups in total. The second-order valence-electron chi connectivity index (χ2n) is 3.69. The number of amides is 1. The van der Waals surface area contributed by atoms with Gasteiger partial charge in [0.05, 0.1) is 5.56 Å². The van der Waals surface area contributed by atoms with Crippen LogP contribution in [0.3, 0.4) is 0 Å². The third kappa shape index (κ3) is 2.87. The molecule has 1 aromatic rings. The van der Waals surface area contributed by atoms with E-state index in [4.69, 9.17) is 5.73 Å². The molecule has 0 saturated heterocycles. The van der Waals surface area contributed by atoms with Crippen molar-refractivity contribution >= 4 is 5.91 Å². The van der Waals surface area contributed by atoms with Crippen LogP contribution < -0.4 is 5.73 Å². The molecule has 0 heterocycles. The number of carbonyl (C=O) groups excluding carboxylic acids is 1. The van der Waals surface area contributed by atoms with E-state index in [1.165, 1.54) is 12.1 Å². The molecule has 0 aliphatic rings. The van der Waals surface area contributed by atoms with Crippen LogP contribution in [0.15, 0.2) is 30.9 Å². The second-order valence-corrected chi connectivity index (χ2v) is 3.69. The summed E-state index contributed by atoms with van der Waals surface area (Å²) in [5.74, 6) is -1.11.